The zero-order valence-corrected chi connectivity index (χ0v) is 15.1. The third kappa shape index (κ3) is 3.88. The molecule has 132 valence electrons. The van der Waals surface area contributed by atoms with Crippen LogP contribution < -0.4 is 5.32 Å². The SMILES string of the molecule is CO[C@H]1CC[C@H](NC(=O)c2cc(C3CC3)nc(-c3cncs3)n2)CC1. The van der Waals surface area contributed by atoms with Crippen molar-refractivity contribution < 1.29 is 9.53 Å². The number of carbonyl (C=O) groups is 1. The molecule has 6 nitrogen and oxygen atoms in total. The van der Waals surface area contributed by atoms with Gasteiger partial charge in [-0.3, -0.25) is 9.78 Å². The lowest BCUT2D eigenvalue weighted by Crippen LogP contribution is -2.39. The van der Waals surface area contributed by atoms with Crippen LogP contribution in [0, 0.1) is 0 Å². The summed E-state index contributed by atoms with van der Waals surface area (Å²) in [5.41, 5.74) is 3.21. The molecule has 2 fully saturated rings. The van der Waals surface area contributed by atoms with E-state index in [1.54, 1.807) is 18.8 Å². The summed E-state index contributed by atoms with van der Waals surface area (Å²) in [6, 6.07) is 2.06. The topological polar surface area (TPSA) is 77.0 Å². The standard InChI is InChI=1S/C18H22N4O2S/c1-24-13-6-4-12(5-7-13)20-18(23)15-8-14(11-2-3-11)21-17(22-15)16-9-19-10-25-16/h8-13H,2-7H2,1H3,(H,20,23)/t12-,13-. The minimum absolute atomic E-state index is 0.101. The van der Waals surface area contributed by atoms with Crippen molar-refractivity contribution >= 4 is 17.2 Å². The first-order valence-electron chi connectivity index (χ1n) is 8.84. The first-order chi connectivity index (χ1) is 12.2. The lowest BCUT2D eigenvalue weighted by atomic mass is 9.93. The van der Waals surface area contributed by atoms with Crippen molar-refractivity contribution in [1.82, 2.24) is 20.3 Å². The number of hydrogen-bond acceptors (Lipinski definition) is 6. The Labute approximate surface area is 151 Å². The molecule has 4 rings (SSSR count). The van der Waals surface area contributed by atoms with E-state index in [1.807, 2.05) is 6.07 Å². The van der Waals surface area contributed by atoms with Gasteiger partial charge in [-0.05, 0) is 44.6 Å². The molecular weight excluding hydrogens is 336 g/mol. The average Bonchev–Trinajstić information content (AvgIpc) is 3.36. The van der Waals surface area contributed by atoms with Crippen LogP contribution in [-0.2, 0) is 4.74 Å². The molecule has 2 saturated carbocycles. The number of nitrogens with zero attached hydrogens (tertiary/aromatic N) is 3. The van der Waals surface area contributed by atoms with E-state index in [1.165, 1.54) is 11.3 Å². The van der Waals surface area contributed by atoms with E-state index in [9.17, 15) is 4.79 Å². The third-order valence-electron chi connectivity index (χ3n) is 4.97. The predicted octanol–water partition coefficient (Wildman–Crippen LogP) is 3.16. The zero-order valence-electron chi connectivity index (χ0n) is 14.3. The molecule has 0 unspecified atom stereocenters. The highest BCUT2D eigenvalue weighted by molar-refractivity contribution is 7.13. The summed E-state index contributed by atoms with van der Waals surface area (Å²) in [6.45, 7) is 0. The van der Waals surface area contributed by atoms with Crippen molar-refractivity contribution in [2.24, 2.45) is 0 Å². The summed E-state index contributed by atoms with van der Waals surface area (Å²) in [6.07, 6.45) is 8.24. The Morgan fingerprint density at radius 1 is 1.20 bits per heavy atom. The molecule has 0 saturated heterocycles. The number of nitrogens with one attached hydrogen (secondary N) is 1. The second kappa shape index (κ2) is 7.17. The lowest BCUT2D eigenvalue weighted by molar-refractivity contribution is 0.0598. The van der Waals surface area contributed by atoms with Gasteiger partial charge in [-0.25, -0.2) is 9.97 Å². The van der Waals surface area contributed by atoms with Gasteiger partial charge in [0, 0.05) is 31.0 Å². The van der Waals surface area contributed by atoms with Gasteiger partial charge < -0.3 is 10.1 Å². The van der Waals surface area contributed by atoms with E-state index in [4.69, 9.17) is 4.74 Å². The van der Waals surface area contributed by atoms with Crippen molar-refractivity contribution in [3.63, 3.8) is 0 Å². The molecule has 2 aromatic heterocycles. The van der Waals surface area contributed by atoms with E-state index in [2.05, 4.69) is 20.3 Å². The van der Waals surface area contributed by atoms with Crippen molar-refractivity contribution in [3.05, 3.63) is 29.2 Å². The first kappa shape index (κ1) is 16.6. The maximum Gasteiger partial charge on any atom is 0.270 e. The van der Waals surface area contributed by atoms with Crippen molar-refractivity contribution in [1.29, 1.82) is 0 Å². The second-order valence-corrected chi connectivity index (χ2v) is 7.71. The fourth-order valence-corrected chi connectivity index (χ4v) is 3.86. The Bertz CT molecular complexity index is 738. The minimum Gasteiger partial charge on any atom is -0.381 e. The summed E-state index contributed by atoms with van der Waals surface area (Å²) in [7, 11) is 1.75. The molecule has 7 heteroatoms. The normalized spacial score (nSPS) is 23.4. The Morgan fingerprint density at radius 3 is 2.64 bits per heavy atom. The fraction of sp³-hybridized carbons (Fsp3) is 0.556. The van der Waals surface area contributed by atoms with Crippen LogP contribution >= 0.6 is 11.3 Å². The maximum atomic E-state index is 12.7. The predicted molar refractivity (Wildman–Crippen MR) is 95.6 cm³/mol. The van der Waals surface area contributed by atoms with E-state index in [0.29, 0.717) is 23.5 Å². The highest BCUT2D eigenvalue weighted by atomic mass is 32.1. The molecule has 0 spiro atoms. The van der Waals surface area contributed by atoms with Crippen LogP contribution in [0.4, 0.5) is 0 Å². The van der Waals surface area contributed by atoms with Gasteiger partial charge in [0.05, 0.1) is 16.5 Å². The van der Waals surface area contributed by atoms with Crippen molar-refractivity contribution in [2.75, 3.05) is 7.11 Å². The van der Waals surface area contributed by atoms with Crippen LogP contribution in [0.1, 0.15) is 60.6 Å². The van der Waals surface area contributed by atoms with E-state index >= 15 is 0 Å². The quantitative estimate of drug-likeness (QED) is 0.888. The van der Waals surface area contributed by atoms with E-state index in [-0.39, 0.29) is 11.9 Å². The molecule has 1 N–H and O–H groups in total. The Kier molecular flexibility index (Phi) is 4.76. The van der Waals surface area contributed by atoms with Gasteiger partial charge in [0.1, 0.15) is 5.69 Å². The minimum atomic E-state index is -0.101. The zero-order chi connectivity index (χ0) is 17.2. The number of amides is 1. The second-order valence-electron chi connectivity index (χ2n) is 6.82. The molecule has 2 aromatic rings. The molecule has 0 radical (unpaired) electrons. The van der Waals surface area contributed by atoms with Crippen LogP contribution in [0.5, 0.6) is 0 Å². The van der Waals surface area contributed by atoms with Crippen molar-refractivity contribution in [3.8, 4) is 10.7 Å². The van der Waals surface area contributed by atoms with Gasteiger partial charge in [-0.15, -0.1) is 11.3 Å². The molecular formula is C18H22N4O2S. The molecule has 0 aromatic carbocycles. The number of hydrogen-bond donors (Lipinski definition) is 1. The van der Waals surface area contributed by atoms with Crippen molar-refractivity contribution in [2.45, 2.75) is 56.6 Å². The monoisotopic (exact) mass is 358 g/mol. The fourth-order valence-electron chi connectivity index (χ4n) is 3.31. The first-order valence-corrected chi connectivity index (χ1v) is 9.72. The van der Waals surface area contributed by atoms with Gasteiger partial charge in [0.15, 0.2) is 5.82 Å². The van der Waals surface area contributed by atoms with Gasteiger partial charge in [-0.2, -0.15) is 0 Å². The Hall–Kier alpha value is -1.86. The summed E-state index contributed by atoms with van der Waals surface area (Å²) in [4.78, 5) is 26.9. The van der Waals surface area contributed by atoms with Crippen LogP contribution in [0.3, 0.4) is 0 Å². The Morgan fingerprint density at radius 2 is 2.00 bits per heavy atom. The third-order valence-corrected chi connectivity index (χ3v) is 5.74. The highest BCUT2D eigenvalue weighted by Gasteiger charge is 2.28. The summed E-state index contributed by atoms with van der Waals surface area (Å²) in [5, 5.41) is 3.14. The summed E-state index contributed by atoms with van der Waals surface area (Å²) >= 11 is 1.49. The Balaban J connectivity index is 1.51. The molecule has 2 aliphatic carbocycles. The molecule has 0 aliphatic heterocycles. The summed E-state index contributed by atoms with van der Waals surface area (Å²) < 4.78 is 5.40. The smallest absolute Gasteiger partial charge is 0.270 e. The van der Waals surface area contributed by atoms with Crippen LogP contribution in [-0.4, -0.2) is 40.1 Å². The van der Waals surface area contributed by atoms with Gasteiger partial charge in [0.2, 0.25) is 0 Å². The molecule has 1 amide bonds. The van der Waals surface area contributed by atoms with Crippen LogP contribution in [0.25, 0.3) is 10.7 Å². The number of ether oxygens (including phenoxy) is 1. The van der Waals surface area contributed by atoms with Gasteiger partial charge >= 0.3 is 0 Å². The number of carbonyl (C=O) groups excluding carboxylic acids is 1. The average molecular weight is 358 g/mol. The molecule has 0 atom stereocenters. The van der Waals surface area contributed by atoms with Gasteiger partial charge in [0.25, 0.3) is 5.91 Å². The van der Waals surface area contributed by atoms with Crippen LogP contribution in [0.2, 0.25) is 0 Å². The highest BCUT2D eigenvalue weighted by Crippen LogP contribution is 2.39. The van der Waals surface area contributed by atoms with Crippen LogP contribution in [0.15, 0.2) is 17.8 Å². The lowest BCUT2D eigenvalue weighted by Gasteiger charge is -2.28. The molecule has 2 aliphatic rings. The largest absolute Gasteiger partial charge is 0.381 e. The molecule has 0 bridgehead atoms. The summed E-state index contributed by atoms with van der Waals surface area (Å²) in [5.74, 6) is 0.981. The van der Waals surface area contributed by atoms with Gasteiger partial charge in [-0.1, -0.05) is 0 Å². The van der Waals surface area contributed by atoms with E-state index < -0.39 is 0 Å². The molecule has 2 heterocycles. The molecule has 25 heavy (non-hydrogen) atoms. The number of methoxy groups -OCH3 is 1. The number of aromatic nitrogens is 3. The van der Waals surface area contributed by atoms with E-state index in [0.717, 1.165) is 49.1 Å². The maximum absolute atomic E-state index is 12.7. The number of thiazole rings is 1. The number of rotatable bonds is 5.